The highest BCUT2D eigenvalue weighted by molar-refractivity contribution is 5.78. The second-order valence-electron chi connectivity index (χ2n) is 2.91. The van der Waals surface area contributed by atoms with E-state index >= 15 is 0 Å². The van der Waals surface area contributed by atoms with Crippen molar-refractivity contribution in [2.24, 2.45) is 0 Å². The summed E-state index contributed by atoms with van der Waals surface area (Å²) in [6.07, 6.45) is 1.35. The van der Waals surface area contributed by atoms with Crippen LogP contribution in [0.4, 0.5) is 0 Å². The van der Waals surface area contributed by atoms with Crippen molar-refractivity contribution in [2.75, 3.05) is 14.1 Å². The molecule has 0 radical (unpaired) electrons. The predicted octanol–water partition coefficient (Wildman–Crippen LogP) is 1.31. The zero-order valence-electron chi connectivity index (χ0n) is 7.35. The molecule has 0 saturated heterocycles. The van der Waals surface area contributed by atoms with Gasteiger partial charge in [0, 0.05) is 18.9 Å². The number of hydrogen-bond acceptors (Lipinski definition) is 2. The smallest absolute Gasteiger partial charge is 0.134 e. The van der Waals surface area contributed by atoms with Crippen LogP contribution in [0.3, 0.4) is 0 Å². The van der Waals surface area contributed by atoms with Crippen molar-refractivity contribution < 1.29 is 4.79 Å². The first kappa shape index (κ1) is 9.63. The Balaban J connectivity index is 3.57. The highest BCUT2D eigenvalue weighted by Crippen LogP contribution is 2.00. The van der Waals surface area contributed by atoms with Crippen molar-refractivity contribution >= 4 is 5.78 Å². The van der Waals surface area contributed by atoms with E-state index in [1.54, 1.807) is 0 Å². The van der Waals surface area contributed by atoms with Crippen LogP contribution in [0.1, 0.15) is 26.7 Å². The lowest BCUT2D eigenvalue weighted by atomic mass is 10.1. The van der Waals surface area contributed by atoms with Gasteiger partial charge in [0.2, 0.25) is 0 Å². The van der Waals surface area contributed by atoms with Crippen molar-refractivity contribution in [1.29, 1.82) is 0 Å². The van der Waals surface area contributed by atoms with Gasteiger partial charge in [-0.15, -0.1) is 0 Å². The van der Waals surface area contributed by atoms with E-state index in [9.17, 15) is 4.79 Å². The molecule has 0 aromatic heterocycles. The molecule has 0 aliphatic heterocycles. The Labute approximate surface area is 63.2 Å². The van der Waals surface area contributed by atoms with Crippen molar-refractivity contribution in [2.45, 2.75) is 32.7 Å². The molecule has 10 heavy (non-hydrogen) atoms. The normalized spacial score (nSPS) is 13.7. The minimum absolute atomic E-state index is 0.348. The molecular weight excluding hydrogens is 126 g/mol. The van der Waals surface area contributed by atoms with Gasteiger partial charge in [0.1, 0.15) is 5.78 Å². The van der Waals surface area contributed by atoms with Crippen LogP contribution in [-0.2, 0) is 4.79 Å². The average molecular weight is 143 g/mol. The molecule has 0 heterocycles. The number of hydrogen-bond donors (Lipinski definition) is 0. The molecule has 2 heteroatoms. The Morgan fingerprint density at radius 1 is 1.50 bits per heavy atom. The molecule has 0 spiro atoms. The Morgan fingerprint density at radius 3 is 2.30 bits per heavy atom. The molecule has 0 aromatic carbocycles. The zero-order valence-corrected chi connectivity index (χ0v) is 7.35. The molecule has 0 aliphatic rings. The molecule has 60 valence electrons. The van der Waals surface area contributed by atoms with E-state index in [1.807, 2.05) is 21.0 Å². The largest absolute Gasteiger partial charge is 0.306 e. The van der Waals surface area contributed by atoms with Crippen LogP contribution in [0.15, 0.2) is 0 Å². The molecule has 0 saturated carbocycles. The molecule has 0 rings (SSSR count). The highest BCUT2D eigenvalue weighted by Gasteiger charge is 2.07. The molecule has 0 bridgehead atoms. The second kappa shape index (κ2) is 4.45. The van der Waals surface area contributed by atoms with Gasteiger partial charge in [0.05, 0.1) is 0 Å². The summed E-state index contributed by atoms with van der Waals surface area (Å²) in [7, 11) is 3.99. The number of ketones is 1. The fourth-order valence-electron chi connectivity index (χ4n) is 0.656. The Morgan fingerprint density at radius 2 is 2.00 bits per heavy atom. The van der Waals surface area contributed by atoms with E-state index in [0.29, 0.717) is 24.7 Å². The van der Waals surface area contributed by atoms with E-state index in [0.717, 1.165) is 0 Å². The number of nitrogens with zero attached hydrogens (tertiary/aromatic N) is 1. The lowest BCUT2D eigenvalue weighted by Gasteiger charge is -2.18. The third-order valence-electron chi connectivity index (χ3n) is 1.80. The summed E-state index contributed by atoms with van der Waals surface area (Å²) in [5.74, 6) is 0.348. The molecule has 0 aliphatic carbocycles. The maximum absolute atomic E-state index is 10.9. The monoisotopic (exact) mass is 143 g/mol. The molecule has 0 aromatic rings. The van der Waals surface area contributed by atoms with E-state index in [-0.39, 0.29) is 0 Å². The summed E-state index contributed by atoms with van der Waals surface area (Å²) < 4.78 is 0. The molecule has 0 fully saturated rings. The Hall–Kier alpha value is -0.370. The summed E-state index contributed by atoms with van der Waals surface area (Å²) in [4.78, 5) is 13.0. The lowest BCUT2D eigenvalue weighted by molar-refractivity contribution is -0.119. The first-order valence-corrected chi connectivity index (χ1v) is 3.76. The van der Waals surface area contributed by atoms with Crippen LogP contribution < -0.4 is 0 Å². The van der Waals surface area contributed by atoms with Crippen LogP contribution in [0, 0.1) is 0 Å². The van der Waals surface area contributed by atoms with Gasteiger partial charge in [-0.25, -0.2) is 0 Å². The van der Waals surface area contributed by atoms with Gasteiger partial charge in [-0.05, 0) is 21.0 Å². The number of rotatable bonds is 4. The second-order valence-corrected chi connectivity index (χ2v) is 2.91. The molecule has 1 unspecified atom stereocenters. The van der Waals surface area contributed by atoms with Gasteiger partial charge in [0.25, 0.3) is 0 Å². The Bertz CT molecular complexity index is 110. The van der Waals surface area contributed by atoms with Crippen molar-refractivity contribution in [3.05, 3.63) is 0 Å². The fourth-order valence-corrected chi connectivity index (χ4v) is 0.656. The third-order valence-corrected chi connectivity index (χ3v) is 1.80. The summed E-state index contributed by atoms with van der Waals surface area (Å²) in [5.41, 5.74) is 0. The summed E-state index contributed by atoms with van der Waals surface area (Å²) in [6.45, 7) is 3.97. The van der Waals surface area contributed by atoms with E-state index < -0.39 is 0 Å². The number of carbonyl (C=O) groups is 1. The standard InChI is InChI=1S/C8H17NO/c1-5-8(10)6-7(2)9(3)4/h7H,5-6H2,1-4H3. The molecule has 1 atom stereocenters. The first-order chi connectivity index (χ1) is 4.57. The lowest BCUT2D eigenvalue weighted by Crippen LogP contribution is -2.26. The maximum atomic E-state index is 10.9. The maximum Gasteiger partial charge on any atom is 0.134 e. The van der Waals surface area contributed by atoms with Crippen LogP contribution in [0.5, 0.6) is 0 Å². The van der Waals surface area contributed by atoms with Gasteiger partial charge in [-0.1, -0.05) is 6.92 Å². The van der Waals surface area contributed by atoms with Gasteiger partial charge < -0.3 is 4.90 Å². The van der Waals surface area contributed by atoms with Gasteiger partial charge >= 0.3 is 0 Å². The van der Waals surface area contributed by atoms with Gasteiger partial charge in [-0.2, -0.15) is 0 Å². The van der Waals surface area contributed by atoms with Crippen molar-refractivity contribution in [3.8, 4) is 0 Å². The topological polar surface area (TPSA) is 20.3 Å². The van der Waals surface area contributed by atoms with E-state index in [4.69, 9.17) is 0 Å². The van der Waals surface area contributed by atoms with E-state index in [2.05, 4.69) is 11.8 Å². The summed E-state index contributed by atoms with van der Waals surface area (Å²) in [5, 5.41) is 0. The predicted molar refractivity (Wildman–Crippen MR) is 43.1 cm³/mol. The third kappa shape index (κ3) is 3.62. The van der Waals surface area contributed by atoms with Crippen LogP contribution in [-0.4, -0.2) is 30.8 Å². The van der Waals surface area contributed by atoms with E-state index in [1.165, 1.54) is 0 Å². The molecular formula is C8H17NO. The average Bonchev–Trinajstić information content (AvgIpc) is 1.87. The van der Waals surface area contributed by atoms with Gasteiger partial charge in [0.15, 0.2) is 0 Å². The SMILES string of the molecule is CCC(=O)CC(C)N(C)C. The molecule has 2 nitrogen and oxygen atoms in total. The fraction of sp³-hybridized carbons (Fsp3) is 0.875. The first-order valence-electron chi connectivity index (χ1n) is 3.76. The number of carbonyl (C=O) groups excluding carboxylic acids is 1. The van der Waals surface area contributed by atoms with Crippen molar-refractivity contribution in [3.63, 3.8) is 0 Å². The minimum atomic E-state index is 0.348. The summed E-state index contributed by atoms with van der Waals surface area (Å²) in [6, 6.07) is 0.382. The van der Waals surface area contributed by atoms with Crippen LogP contribution >= 0.6 is 0 Å². The van der Waals surface area contributed by atoms with Crippen molar-refractivity contribution in [1.82, 2.24) is 4.90 Å². The number of Topliss-reactive ketones (excluding diaryl/α,β-unsaturated/α-hetero) is 1. The summed E-state index contributed by atoms with van der Waals surface area (Å²) >= 11 is 0. The highest BCUT2D eigenvalue weighted by atomic mass is 16.1. The molecule has 0 amide bonds. The van der Waals surface area contributed by atoms with Crippen LogP contribution in [0.2, 0.25) is 0 Å². The molecule has 0 N–H and O–H groups in total. The minimum Gasteiger partial charge on any atom is -0.306 e. The van der Waals surface area contributed by atoms with Gasteiger partial charge in [-0.3, -0.25) is 4.79 Å². The zero-order chi connectivity index (χ0) is 8.15. The Kier molecular flexibility index (Phi) is 4.28. The quantitative estimate of drug-likeness (QED) is 0.591. The van der Waals surface area contributed by atoms with Crippen LogP contribution in [0.25, 0.3) is 0 Å².